The summed E-state index contributed by atoms with van der Waals surface area (Å²) < 4.78 is 1.71. The van der Waals surface area contributed by atoms with Crippen molar-refractivity contribution in [1.82, 2.24) is 20.2 Å². The zero-order valence-electron chi connectivity index (χ0n) is 12.0. The largest absolute Gasteiger partial charge is 0.380 e. The fourth-order valence-corrected chi connectivity index (χ4v) is 3.00. The van der Waals surface area contributed by atoms with Gasteiger partial charge in [0.2, 0.25) is 0 Å². The van der Waals surface area contributed by atoms with Gasteiger partial charge >= 0.3 is 0 Å². The van der Waals surface area contributed by atoms with E-state index in [9.17, 15) is 0 Å². The Kier molecular flexibility index (Phi) is 3.67. The van der Waals surface area contributed by atoms with Crippen molar-refractivity contribution in [2.45, 2.75) is 39.2 Å². The van der Waals surface area contributed by atoms with E-state index in [1.807, 2.05) is 18.2 Å². The van der Waals surface area contributed by atoms with Crippen molar-refractivity contribution in [3.05, 3.63) is 30.6 Å². The van der Waals surface area contributed by atoms with E-state index in [2.05, 4.69) is 40.8 Å². The van der Waals surface area contributed by atoms with E-state index < -0.39 is 0 Å². The number of rotatable bonds is 3. The van der Waals surface area contributed by atoms with Gasteiger partial charge in [-0.15, -0.1) is 5.10 Å². The van der Waals surface area contributed by atoms with Crippen molar-refractivity contribution in [3.63, 3.8) is 0 Å². The summed E-state index contributed by atoms with van der Waals surface area (Å²) in [6.45, 7) is 4.68. The lowest BCUT2D eigenvalue weighted by molar-refractivity contribution is 0.280. The van der Waals surface area contributed by atoms with Crippen molar-refractivity contribution < 1.29 is 0 Å². The first-order valence-corrected chi connectivity index (χ1v) is 7.33. The van der Waals surface area contributed by atoms with Crippen LogP contribution in [0.2, 0.25) is 0 Å². The van der Waals surface area contributed by atoms with Gasteiger partial charge in [-0.25, -0.2) is 0 Å². The lowest BCUT2D eigenvalue weighted by atomic mass is 9.80. The second-order valence-corrected chi connectivity index (χ2v) is 5.92. The van der Waals surface area contributed by atoms with Gasteiger partial charge in [0.05, 0.1) is 11.4 Å². The quantitative estimate of drug-likeness (QED) is 0.932. The summed E-state index contributed by atoms with van der Waals surface area (Å²) >= 11 is 0. The molecule has 1 aromatic carbocycles. The van der Waals surface area contributed by atoms with Crippen molar-refractivity contribution in [2.75, 3.05) is 5.32 Å². The first kappa shape index (κ1) is 13.1. The van der Waals surface area contributed by atoms with Gasteiger partial charge in [0.15, 0.2) is 0 Å². The molecule has 2 aromatic rings. The van der Waals surface area contributed by atoms with Crippen LogP contribution in [0.3, 0.4) is 0 Å². The molecular formula is C15H21N5. The topological polar surface area (TPSA) is 55.6 Å². The van der Waals surface area contributed by atoms with E-state index >= 15 is 0 Å². The van der Waals surface area contributed by atoms with Crippen molar-refractivity contribution in [1.29, 1.82) is 0 Å². The Labute approximate surface area is 119 Å². The highest BCUT2D eigenvalue weighted by atomic mass is 15.5. The summed E-state index contributed by atoms with van der Waals surface area (Å²) in [6.07, 6.45) is 5.50. The number of nitrogens with one attached hydrogen (secondary N) is 1. The van der Waals surface area contributed by atoms with Crippen LogP contribution in [0.5, 0.6) is 0 Å². The minimum atomic E-state index is 0.524. The van der Waals surface area contributed by atoms with Crippen LogP contribution in [-0.2, 0) is 0 Å². The number of aromatic nitrogens is 4. The SMILES string of the molecule is CC1CCC(C)C(Nc2ccccc2-n2cnnn2)C1. The predicted octanol–water partition coefficient (Wildman–Crippen LogP) is 2.90. The van der Waals surface area contributed by atoms with E-state index in [1.165, 1.54) is 19.3 Å². The molecule has 5 heteroatoms. The van der Waals surface area contributed by atoms with Gasteiger partial charge in [0, 0.05) is 6.04 Å². The third-order valence-corrected chi connectivity index (χ3v) is 4.30. The fourth-order valence-electron chi connectivity index (χ4n) is 3.00. The molecule has 3 atom stereocenters. The molecule has 106 valence electrons. The van der Waals surface area contributed by atoms with Crippen molar-refractivity contribution >= 4 is 5.69 Å². The van der Waals surface area contributed by atoms with Crippen LogP contribution < -0.4 is 5.32 Å². The van der Waals surface area contributed by atoms with E-state index in [1.54, 1.807) is 11.0 Å². The Hall–Kier alpha value is -1.91. The number of benzene rings is 1. The molecule has 3 rings (SSSR count). The summed E-state index contributed by atoms with van der Waals surface area (Å²) in [5.41, 5.74) is 2.11. The number of anilines is 1. The number of hydrogen-bond acceptors (Lipinski definition) is 4. The highest BCUT2D eigenvalue weighted by Crippen LogP contribution is 2.31. The van der Waals surface area contributed by atoms with E-state index in [0.29, 0.717) is 12.0 Å². The molecule has 3 unspecified atom stereocenters. The molecule has 1 heterocycles. The molecule has 0 radical (unpaired) electrons. The fraction of sp³-hybridized carbons (Fsp3) is 0.533. The molecule has 1 saturated carbocycles. The highest BCUT2D eigenvalue weighted by Gasteiger charge is 2.25. The molecule has 0 saturated heterocycles. The summed E-state index contributed by atoms with van der Waals surface area (Å²) in [5, 5.41) is 15.1. The molecule has 0 spiro atoms. The van der Waals surface area contributed by atoms with Crippen LogP contribution in [0.1, 0.15) is 33.1 Å². The lowest BCUT2D eigenvalue weighted by Gasteiger charge is -2.34. The third kappa shape index (κ3) is 2.66. The smallest absolute Gasteiger partial charge is 0.143 e. The normalized spacial score (nSPS) is 26.4. The zero-order chi connectivity index (χ0) is 13.9. The average Bonchev–Trinajstić information content (AvgIpc) is 2.97. The summed E-state index contributed by atoms with van der Waals surface area (Å²) in [6, 6.07) is 8.72. The second-order valence-electron chi connectivity index (χ2n) is 5.92. The number of nitrogens with zero attached hydrogens (tertiary/aromatic N) is 4. The maximum absolute atomic E-state index is 3.99. The molecule has 1 aliphatic rings. The van der Waals surface area contributed by atoms with Gasteiger partial charge in [0.25, 0.3) is 0 Å². The Morgan fingerprint density at radius 2 is 2.05 bits per heavy atom. The van der Waals surface area contributed by atoms with Crippen LogP contribution in [0.25, 0.3) is 5.69 Å². The van der Waals surface area contributed by atoms with Gasteiger partial charge in [-0.1, -0.05) is 32.4 Å². The van der Waals surface area contributed by atoms with Crippen LogP contribution in [0.4, 0.5) is 5.69 Å². The van der Waals surface area contributed by atoms with Gasteiger partial charge in [0.1, 0.15) is 6.33 Å². The summed E-state index contributed by atoms with van der Waals surface area (Å²) in [5.74, 6) is 1.50. The van der Waals surface area contributed by atoms with Crippen LogP contribution in [0.15, 0.2) is 30.6 Å². The minimum absolute atomic E-state index is 0.524. The predicted molar refractivity (Wildman–Crippen MR) is 78.7 cm³/mol. The summed E-state index contributed by atoms with van der Waals surface area (Å²) in [4.78, 5) is 0. The molecule has 5 nitrogen and oxygen atoms in total. The first-order valence-electron chi connectivity index (χ1n) is 7.33. The van der Waals surface area contributed by atoms with Gasteiger partial charge < -0.3 is 5.32 Å². The minimum Gasteiger partial charge on any atom is -0.380 e. The van der Waals surface area contributed by atoms with Gasteiger partial charge in [-0.2, -0.15) is 4.68 Å². The third-order valence-electron chi connectivity index (χ3n) is 4.30. The lowest BCUT2D eigenvalue weighted by Crippen LogP contribution is -2.33. The molecule has 0 aliphatic heterocycles. The van der Waals surface area contributed by atoms with Crippen LogP contribution in [0, 0.1) is 11.8 Å². The summed E-state index contributed by atoms with van der Waals surface area (Å²) in [7, 11) is 0. The Morgan fingerprint density at radius 1 is 1.20 bits per heavy atom. The second kappa shape index (κ2) is 5.61. The number of tetrazole rings is 1. The molecular weight excluding hydrogens is 250 g/mol. The maximum Gasteiger partial charge on any atom is 0.143 e. The van der Waals surface area contributed by atoms with E-state index in [4.69, 9.17) is 0 Å². The van der Waals surface area contributed by atoms with Crippen molar-refractivity contribution in [2.24, 2.45) is 11.8 Å². The Morgan fingerprint density at radius 3 is 2.85 bits per heavy atom. The van der Waals surface area contributed by atoms with Crippen LogP contribution >= 0.6 is 0 Å². The standard InChI is InChI=1S/C15H21N5/c1-11-7-8-12(2)14(9-11)17-13-5-3-4-6-15(13)20-10-16-18-19-20/h3-6,10-12,14,17H,7-9H2,1-2H3. The van der Waals surface area contributed by atoms with E-state index in [-0.39, 0.29) is 0 Å². The molecule has 1 aromatic heterocycles. The first-order chi connectivity index (χ1) is 9.74. The maximum atomic E-state index is 3.99. The van der Waals surface area contributed by atoms with Crippen LogP contribution in [-0.4, -0.2) is 26.2 Å². The number of hydrogen-bond donors (Lipinski definition) is 1. The molecule has 1 aliphatic carbocycles. The average molecular weight is 271 g/mol. The van der Waals surface area contributed by atoms with Crippen molar-refractivity contribution in [3.8, 4) is 5.69 Å². The molecule has 0 amide bonds. The molecule has 1 N–H and O–H groups in total. The molecule has 20 heavy (non-hydrogen) atoms. The monoisotopic (exact) mass is 271 g/mol. The van der Waals surface area contributed by atoms with Gasteiger partial charge in [-0.3, -0.25) is 0 Å². The Bertz CT molecular complexity index is 551. The van der Waals surface area contributed by atoms with E-state index in [0.717, 1.165) is 17.3 Å². The highest BCUT2D eigenvalue weighted by molar-refractivity contribution is 5.60. The van der Waals surface area contributed by atoms with Gasteiger partial charge in [-0.05, 0) is 47.2 Å². The molecule has 0 bridgehead atoms. The number of para-hydroxylation sites is 2. The Balaban J connectivity index is 1.84. The molecule has 1 fully saturated rings. The zero-order valence-corrected chi connectivity index (χ0v) is 12.0.